The summed E-state index contributed by atoms with van der Waals surface area (Å²) in [7, 11) is -3.37. The van der Waals surface area contributed by atoms with Crippen molar-refractivity contribution in [2.24, 2.45) is 0 Å². The molecule has 0 aromatic carbocycles. The van der Waals surface area contributed by atoms with Gasteiger partial charge in [0.05, 0.1) is 6.61 Å². The van der Waals surface area contributed by atoms with Gasteiger partial charge in [0.15, 0.2) is 0 Å². The summed E-state index contributed by atoms with van der Waals surface area (Å²) in [4.78, 5) is 0.687. The average molecular weight is 307 g/mol. The van der Waals surface area contributed by atoms with Crippen molar-refractivity contribution in [1.82, 2.24) is 4.31 Å². The molecule has 1 aliphatic rings. The molecule has 0 bridgehead atoms. The molecule has 4 nitrogen and oxygen atoms in total. The van der Waals surface area contributed by atoms with Gasteiger partial charge in [0, 0.05) is 29.0 Å². The van der Waals surface area contributed by atoms with Crippen molar-refractivity contribution in [1.29, 1.82) is 0 Å². The fraction of sp³-hybridized carbons (Fsp3) is 0.636. The number of rotatable bonds is 4. The lowest BCUT2D eigenvalue weighted by Crippen LogP contribution is -2.41. The van der Waals surface area contributed by atoms with E-state index in [1.807, 2.05) is 11.8 Å². The first kappa shape index (κ1) is 14.3. The number of thioether (sulfide) groups is 1. The van der Waals surface area contributed by atoms with Gasteiger partial charge in [-0.2, -0.15) is 16.1 Å². The Kier molecular flexibility index (Phi) is 4.71. The van der Waals surface area contributed by atoms with Crippen molar-refractivity contribution in [3.8, 4) is 0 Å². The van der Waals surface area contributed by atoms with Crippen molar-refractivity contribution in [3.05, 3.63) is 17.0 Å². The Balaban J connectivity index is 2.19. The fourth-order valence-electron chi connectivity index (χ4n) is 1.87. The normalized spacial score (nSPS) is 22.2. The molecule has 0 aliphatic carbocycles. The second-order valence-electron chi connectivity index (χ2n) is 4.14. The zero-order valence-electron chi connectivity index (χ0n) is 10.2. The monoisotopic (exact) mass is 307 g/mol. The molecular formula is C11H17NO3S3. The number of thiophene rings is 1. The predicted molar refractivity (Wildman–Crippen MR) is 75.5 cm³/mol. The van der Waals surface area contributed by atoms with Gasteiger partial charge in [-0.25, -0.2) is 8.42 Å². The topological polar surface area (TPSA) is 57.6 Å². The van der Waals surface area contributed by atoms with E-state index in [1.54, 1.807) is 16.4 Å². The van der Waals surface area contributed by atoms with E-state index in [4.69, 9.17) is 5.11 Å². The third-order valence-electron chi connectivity index (χ3n) is 2.94. The Morgan fingerprint density at radius 1 is 1.50 bits per heavy atom. The minimum atomic E-state index is -3.37. The molecule has 0 saturated carbocycles. The van der Waals surface area contributed by atoms with Crippen LogP contribution in [0.3, 0.4) is 0 Å². The number of aliphatic hydroxyl groups excluding tert-OH is 1. The fourth-order valence-corrected chi connectivity index (χ4v) is 6.11. The van der Waals surface area contributed by atoms with Crippen LogP contribution in [-0.2, 0) is 16.6 Å². The van der Waals surface area contributed by atoms with Crippen LogP contribution in [0.25, 0.3) is 0 Å². The van der Waals surface area contributed by atoms with Gasteiger partial charge in [-0.3, -0.25) is 0 Å². The molecule has 2 rings (SSSR count). The Morgan fingerprint density at radius 3 is 2.89 bits per heavy atom. The van der Waals surface area contributed by atoms with Crippen molar-refractivity contribution < 1.29 is 13.5 Å². The Hall–Kier alpha value is -0.0800. The molecule has 1 atom stereocenters. The Bertz CT molecular complexity index is 497. The van der Waals surface area contributed by atoms with E-state index in [0.717, 1.165) is 23.5 Å². The van der Waals surface area contributed by atoms with Crippen LogP contribution >= 0.6 is 23.1 Å². The summed E-state index contributed by atoms with van der Waals surface area (Å²) in [5, 5.41) is 9.40. The third kappa shape index (κ3) is 2.91. The first-order valence-electron chi connectivity index (χ1n) is 5.89. The summed E-state index contributed by atoms with van der Waals surface area (Å²) in [6.07, 6.45) is 0.989. The lowest BCUT2D eigenvalue weighted by atomic mass is 10.3. The minimum Gasteiger partial charge on any atom is -0.391 e. The van der Waals surface area contributed by atoms with E-state index in [2.05, 4.69) is 6.92 Å². The van der Waals surface area contributed by atoms with Crippen LogP contribution in [0.1, 0.15) is 18.2 Å². The molecule has 102 valence electrons. The van der Waals surface area contributed by atoms with Crippen LogP contribution in [0.15, 0.2) is 16.3 Å². The molecule has 1 fully saturated rings. The van der Waals surface area contributed by atoms with Gasteiger partial charge < -0.3 is 5.11 Å². The molecule has 0 spiro atoms. The number of hydrogen-bond acceptors (Lipinski definition) is 5. The van der Waals surface area contributed by atoms with Crippen molar-refractivity contribution in [2.75, 3.05) is 18.8 Å². The van der Waals surface area contributed by atoms with Gasteiger partial charge in [0.1, 0.15) is 4.21 Å². The molecular weight excluding hydrogens is 290 g/mol. The summed E-state index contributed by atoms with van der Waals surface area (Å²) in [6, 6.07) is 3.27. The first-order valence-corrected chi connectivity index (χ1v) is 9.19. The zero-order chi connectivity index (χ0) is 13.2. The van der Waals surface area contributed by atoms with Crippen LogP contribution in [-0.4, -0.2) is 41.9 Å². The van der Waals surface area contributed by atoms with E-state index >= 15 is 0 Å². The molecule has 1 aliphatic heterocycles. The molecule has 18 heavy (non-hydrogen) atoms. The SMILES string of the molecule is CCC1CN(S(=O)(=O)c2ccc(CO)s2)CCS1. The average Bonchev–Trinajstić information content (AvgIpc) is 2.88. The molecule has 7 heteroatoms. The molecule has 1 saturated heterocycles. The number of aliphatic hydroxyl groups is 1. The Morgan fingerprint density at radius 2 is 2.28 bits per heavy atom. The van der Waals surface area contributed by atoms with Gasteiger partial charge in [-0.05, 0) is 18.6 Å². The molecule has 1 aromatic heterocycles. The molecule has 0 amide bonds. The second kappa shape index (κ2) is 5.92. The highest BCUT2D eigenvalue weighted by molar-refractivity contribution is 8.00. The van der Waals surface area contributed by atoms with E-state index < -0.39 is 10.0 Å². The van der Waals surface area contributed by atoms with Gasteiger partial charge in [0.2, 0.25) is 0 Å². The first-order chi connectivity index (χ1) is 8.57. The number of sulfonamides is 1. The van der Waals surface area contributed by atoms with Crippen LogP contribution in [0.2, 0.25) is 0 Å². The van der Waals surface area contributed by atoms with E-state index in [9.17, 15) is 8.42 Å². The maximum atomic E-state index is 12.4. The van der Waals surface area contributed by atoms with Gasteiger partial charge >= 0.3 is 0 Å². The Labute approximate surface area is 116 Å². The highest BCUT2D eigenvalue weighted by atomic mass is 32.2. The maximum Gasteiger partial charge on any atom is 0.252 e. The van der Waals surface area contributed by atoms with Gasteiger partial charge in [-0.1, -0.05) is 6.92 Å². The largest absolute Gasteiger partial charge is 0.391 e. The summed E-state index contributed by atoms with van der Waals surface area (Å²) >= 11 is 3.00. The lowest BCUT2D eigenvalue weighted by molar-refractivity contribution is 0.285. The molecule has 1 unspecified atom stereocenters. The van der Waals surface area contributed by atoms with Crippen molar-refractivity contribution in [2.45, 2.75) is 29.4 Å². The van der Waals surface area contributed by atoms with Crippen LogP contribution in [0, 0.1) is 0 Å². The van der Waals surface area contributed by atoms with E-state index in [-0.39, 0.29) is 6.61 Å². The summed E-state index contributed by atoms with van der Waals surface area (Å²) in [5.41, 5.74) is 0. The zero-order valence-corrected chi connectivity index (χ0v) is 12.7. The highest BCUT2D eigenvalue weighted by Gasteiger charge is 2.30. The molecule has 1 aromatic rings. The van der Waals surface area contributed by atoms with E-state index in [0.29, 0.717) is 27.4 Å². The van der Waals surface area contributed by atoms with Crippen LogP contribution < -0.4 is 0 Å². The maximum absolute atomic E-state index is 12.4. The number of hydrogen-bond donors (Lipinski definition) is 1. The summed E-state index contributed by atoms with van der Waals surface area (Å²) in [5.74, 6) is 0.857. The smallest absolute Gasteiger partial charge is 0.252 e. The number of nitrogens with zero attached hydrogens (tertiary/aromatic N) is 1. The molecule has 2 heterocycles. The molecule has 1 N–H and O–H groups in total. The van der Waals surface area contributed by atoms with Crippen molar-refractivity contribution >= 4 is 33.1 Å². The van der Waals surface area contributed by atoms with Crippen LogP contribution in [0.4, 0.5) is 0 Å². The van der Waals surface area contributed by atoms with Gasteiger partial charge in [0.25, 0.3) is 10.0 Å². The van der Waals surface area contributed by atoms with E-state index in [1.165, 1.54) is 0 Å². The third-order valence-corrected chi connectivity index (χ3v) is 7.72. The van der Waals surface area contributed by atoms with Crippen molar-refractivity contribution in [3.63, 3.8) is 0 Å². The van der Waals surface area contributed by atoms with Crippen LogP contribution in [0.5, 0.6) is 0 Å². The predicted octanol–water partition coefficient (Wildman–Crippen LogP) is 1.76. The quantitative estimate of drug-likeness (QED) is 0.921. The molecule has 0 radical (unpaired) electrons. The summed E-state index contributed by atoms with van der Waals surface area (Å²) in [6.45, 7) is 3.15. The summed E-state index contributed by atoms with van der Waals surface area (Å²) < 4.78 is 26.8. The van der Waals surface area contributed by atoms with Gasteiger partial charge in [-0.15, -0.1) is 11.3 Å². The lowest BCUT2D eigenvalue weighted by Gasteiger charge is -2.30. The standard InChI is InChI=1S/C11H17NO3S3/c1-2-9-7-12(5-6-16-9)18(14,15)11-4-3-10(8-13)17-11/h3-4,9,13H,2,5-8H2,1H3. The minimum absolute atomic E-state index is 0.104. The second-order valence-corrected chi connectivity index (χ2v) is 8.88. The highest BCUT2D eigenvalue weighted by Crippen LogP contribution is 2.29.